The first-order chi connectivity index (χ1) is 7.25. The summed E-state index contributed by atoms with van der Waals surface area (Å²) in [6, 6.07) is 5.81. The van der Waals surface area contributed by atoms with Crippen molar-refractivity contribution in [2.24, 2.45) is 0 Å². The highest BCUT2D eigenvalue weighted by Gasteiger charge is 2.01. The molecule has 1 aromatic carbocycles. The number of nitrogens with two attached hydrogens (primary N) is 1. The number of benzene rings is 1. The molecule has 1 aromatic rings. The first-order valence-electron chi connectivity index (χ1n) is 5.31. The zero-order chi connectivity index (χ0) is 11.1. The van der Waals surface area contributed by atoms with Crippen molar-refractivity contribution in [3.05, 3.63) is 23.8 Å². The Morgan fingerprint density at radius 3 is 2.80 bits per heavy atom. The molecule has 0 aromatic heterocycles. The number of hydrogen-bond donors (Lipinski definition) is 1. The first-order valence-corrected chi connectivity index (χ1v) is 5.31. The van der Waals surface area contributed by atoms with E-state index in [9.17, 15) is 0 Å². The lowest BCUT2D eigenvalue weighted by Crippen LogP contribution is -2.04. The van der Waals surface area contributed by atoms with Crippen molar-refractivity contribution in [1.29, 1.82) is 0 Å². The summed E-state index contributed by atoms with van der Waals surface area (Å²) in [5.41, 5.74) is 7.65. The van der Waals surface area contributed by atoms with Gasteiger partial charge in [0, 0.05) is 19.6 Å². The molecule has 1 rings (SSSR count). The molecule has 0 saturated carbocycles. The largest absolute Gasteiger partial charge is 0.491 e. The molecule has 0 atom stereocenters. The van der Waals surface area contributed by atoms with E-state index in [1.54, 1.807) is 0 Å². The summed E-state index contributed by atoms with van der Waals surface area (Å²) in [7, 11) is 0. The van der Waals surface area contributed by atoms with Gasteiger partial charge in [0.05, 0.1) is 12.3 Å². The summed E-state index contributed by atoms with van der Waals surface area (Å²) in [6.07, 6.45) is 0.890. The molecule has 0 unspecified atom stereocenters. The van der Waals surface area contributed by atoms with Crippen LogP contribution in [0.5, 0.6) is 5.75 Å². The predicted molar refractivity (Wildman–Crippen MR) is 62.2 cm³/mol. The maximum atomic E-state index is 5.87. The van der Waals surface area contributed by atoms with E-state index in [0.717, 1.165) is 36.6 Å². The van der Waals surface area contributed by atoms with E-state index in [4.69, 9.17) is 15.2 Å². The maximum absolute atomic E-state index is 5.87. The fourth-order valence-electron chi connectivity index (χ4n) is 1.27. The molecule has 0 bridgehead atoms. The Morgan fingerprint density at radius 1 is 1.27 bits per heavy atom. The van der Waals surface area contributed by atoms with E-state index in [2.05, 4.69) is 0 Å². The van der Waals surface area contributed by atoms with E-state index in [1.165, 1.54) is 0 Å². The summed E-state index contributed by atoms with van der Waals surface area (Å²) in [6.45, 7) is 6.10. The molecular weight excluding hydrogens is 190 g/mol. The zero-order valence-corrected chi connectivity index (χ0v) is 9.45. The molecule has 0 heterocycles. The molecule has 15 heavy (non-hydrogen) atoms. The molecule has 2 N–H and O–H groups in total. The Labute approximate surface area is 91.2 Å². The average molecular weight is 209 g/mol. The quantitative estimate of drug-likeness (QED) is 0.578. The van der Waals surface area contributed by atoms with Gasteiger partial charge in [0.2, 0.25) is 0 Å². The Kier molecular flexibility index (Phi) is 4.98. The van der Waals surface area contributed by atoms with Crippen molar-refractivity contribution in [1.82, 2.24) is 0 Å². The third-order valence-corrected chi connectivity index (χ3v) is 2.18. The molecule has 3 heteroatoms. The number of nitrogen functional groups attached to an aromatic ring is 1. The smallest absolute Gasteiger partial charge is 0.142 e. The Hall–Kier alpha value is -1.22. The van der Waals surface area contributed by atoms with Gasteiger partial charge in [0.15, 0.2) is 0 Å². The second-order valence-corrected chi connectivity index (χ2v) is 3.39. The highest BCUT2D eigenvalue weighted by Crippen LogP contribution is 2.24. The maximum Gasteiger partial charge on any atom is 0.142 e. The van der Waals surface area contributed by atoms with Gasteiger partial charge in [-0.15, -0.1) is 0 Å². The average Bonchev–Trinajstić information content (AvgIpc) is 2.24. The second kappa shape index (κ2) is 6.30. The minimum Gasteiger partial charge on any atom is -0.491 e. The predicted octanol–water partition coefficient (Wildman–Crippen LogP) is 2.38. The summed E-state index contributed by atoms with van der Waals surface area (Å²) >= 11 is 0. The normalized spacial score (nSPS) is 10.3. The van der Waals surface area contributed by atoms with Gasteiger partial charge in [-0.3, -0.25) is 0 Å². The minimum atomic E-state index is 0.646. The van der Waals surface area contributed by atoms with E-state index >= 15 is 0 Å². The van der Waals surface area contributed by atoms with Crippen LogP contribution in [0.15, 0.2) is 18.2 Å². The first kappa shape index (κ1) is 11.9. The monoisotopic (exact) mass is 209 g/mol. The molecule has 0 spiro atoms. The lowest BCUT2D eigenvalue weighted by molar-refractivity contribution is 0.131. The summed E-state index contributed by atoms with van der Waals surface area (Å²) in [5, 5.41) is 0. The molecule has 0 saturated heterocycles. The van der Waals surface area contributed by atoms with E-state index in [-0.39, 0.29) is 0 Å². The van der Waals surface area contributed by atoms with Gasteiger partial charge in [-0.2, -0.15) is 0 Å². The van der Waals surface area contributed by atoms with Crippen LogP contribution < -0.4 is 10.5 Å². The standard InChI is InChI=1S/C12H19NO2/c1-3-14-8-5-9-15-11-7-4-6-10(2)12(11)13/h4,6-7H,3,5,8-9,13H2,1-2H3. The van der Waals surface area contributed by atoms with Crippen LogP contribution in [0.2, 0.25) is 0 Å². The van der Waals surface area contributed by atoms with Crippen molar-refractivity contribution in [3.8, 4) is 5.75 Å². The van der Waals surface area contributed by atoms with Gasteiger partial charge in [-0.05, 0) is 25.5 Å². The van der Waals surface area contributed by atoms with Crippen LogP contribution in [0.3, 0.4) is 0 Å². The van der Waals surface area contributed by atoms with Crippen molar-refractivity contribution < 1.29 is 9.47 Å². The van der Waals surface area contributed by atoms with Crippen molar-refractivity contribution in [3.63, 3.8) is 0 Å². The van der Waals surface area contributed by atoms with Gasteiger partial charge >= 0.3 is 0 Å². The second-order valence-electron chi connectivity index (χ2n) is 3.39. The lowest BCUT2D eigenvalue weighted by Gasteiger charge is -2.10. The fourth-order valence-corrected chi connectivity index (χ4v) is 1.27. The molecule has 0 aliphatic carbocycles. The van der Waals surface area contributed by atoms with Crippen LogP contribution in [0.4, 0.5) is 5.69 Å². The van der Waals surface area contributed by atoms with Crippen molar-refractivity contribution >= 4 is 5.69 Å². The molecule has 0 aliphatic heterocycles. The van der Waals surface area contributed by atoms with Crippen LogP contribution >= 0.6 is 0 Å². The van der Waals surface area contributed by atoms with Crippen LogP contribution in [0, 0.1) is 6.92 Å². The van der Waals surface area contributed by atoms with Gasteiger partial charge in [0.1, 0.15) is 5.75 Å². The van der Waals surface area contributed by atoms with Crippen LogP contribution in [-0.2, 0) is 4.74 Å². The third kappa shape index (κ3) is 3.80. The van der Waals surface area contributed by atoms with Crippen LogP contribution in [0.1, 0.15) is 18.9 Å². The molecule has 84 valence electrons. The van der Waals surface area contributed by atoms with E-state index < -0.39 is 0 Å². The van der Waals surface area contributed by atoms with Gasteiger partial charge in [0.25, 0.3) is 0 Å². The zero-order valence-electron chi connectivity index (χ0n) is 9.45. The molecule has 0 amide bonds. The van der Waals surface area contributed by atoms with Crippen LogP contribution in [0.25, 0.3) is 0 Å². The van der Waals surface area contributed by atoms with E-state index in [0.29, 0.717) is 6.61 Å². The van der Waals surface area contributed by atoms with Gasteiger partial charge in [-0.1, -0.05) is 12.1 Å². The molecular formula is C12H19NO2. The summed E-state index contributed by atoms with van der Waals surface area (Å²) in [4.78, 5) is 0. The Morgan fingerprint density at radius 2 is 2.07 bits per heavy atom. The van der Waals surface area contributed by atoms with E-state index in [1.807, 2.05) is 32.0 Å². The minimum absolute atomic E-state index is 0.646. The highest BCUT2D eigenvalue weighted by atomic mass is 16.5. The molecule has 0 fully saturated rings. The summed E-state index contributed by atoms with van der Waals surface area (Å²) in [5.74, 6) is 0.770. The summed E-state index contributed by atoms with van der Waals surface area (Å²) < 4.78 is 10.8. The van der Waals surface area contributed by atoms with Crippen LogP contribution in [-0.4, -0.2) is 19.8 Å². The lowest BCUT2D eigenvalue weighted by atomic mass is 10.2. The number of aryl methyl sites for hydroxylation is 1. The Bertz CT molecular complexity index is 300. The SMILES string of the molecule is CCOCCCOc1cccc(C)c1N. The number of rotatable bonds is 6. The fraction of sp³-hybridized carbons (Fsp3) is 0.500. The van der Waals surface area contributed by atoms with Crippen molar-refractivity contribution in [2.75, 3.05) is 25.6 Å². The molecule has 0 radical (unpaired) electrons. The number of ether oxygens (including phenoxy) is 2. The van der Waals surface area contributed by atoms with Gasteiger partial charge < -0.3 is 15.2 Å². The van der Waals surface area contributed by atoms with Crippen molar-refractivity contribution in [2.45, 2.75) is 20.3 Å². The number of anilines is 1. The van der Waals surface area contributed by atoms with Gasteiger partial charge in [-0.25, -0.2) is 0 Å². The number of para-hydroxylation sites is 1. The Balaban J connectivity index is 2.34. The topological polar surface area (TPSA) is 44.5 Å². The highest BCUT2D eigenvalue weighted by molar-refractivity contribution is 5.57. The molecule has 3 nitrogen and oxygen atoms in total. The third-order valence-electron chi connectivity index (χ3n) is 2.18. The molecule has 0 aliphatic rings. The number of hydrogen-bond acceptors (Lipinski definition) is 3.